The van der Waals surface area contributed by atoms with Gasteiger partial charge in [0, 0.05) is 0 Å². The van der Waals surface area contributed by atoms with E-state index < -0.39 is 5.97 Å². The predicted octanol–water partition coefficient (Wildman–Crippen LogP) is -0.396. The minimum atomic E-state index is -0.507. The fourth-order valence-corrected chi connectivity index (χ4v) is 0.517. The van der Waals surface area contributed by atoms with Crippen LogP contribution in [-0.4, -0.2) is 23.1 Å². The van der Waals surface area contributed by atoms with E-state index in [1.54, 1.807) is 0 Å². The topological polar surface area (TPSA) is 62.7 Å². The number of carbonyl (C=O) groups is 1. The van der Waals surface area contributed by atoms with Crippen LogP contribution < -0.4 is 0 Å². The summed E-state index contributed by atoms with van der Waals surface area (Å²) in [5.74, 6) is -0.507. The lowest BCUT2D eigenvalue weighted by molar-refractivity contribution is -0.136. The number of esters is 1. The number of carbonyl (C=O) groups excluding carboxylic acids is 1. The van der Waals surface area contributed by atoms with Crippen LogP contribution in [0, 0.1) is 0 Å². The Balaban J connectivity index is 2.84. The minimum Gasteiger partial charge on any atom is -0.456 e. The standard InChI is InChI=1S/C4H4N2O2/c5-6-3-1-2-8-4(3)7/h1-2H2. The van der Waals surface area contributed by atoms with Crippen molar-refractivity contribution in [3.05, 3.63) is 5.53 Å². The van der Waals surface area contributed by atoms with Crippen LogP contribution >= 0.6 is 0 Å². The molecule has 8 heavy (non-hydrogen) atoms. The zero-order valence-corrected chi connectivity index (χ0v) is 4.13. The predicted molar refractivity (Wildman–Crippen MR) is 24.2 cm³/mol. The van der Waals surface area contributed by atoms with Crippen LogP contribution in [0.2, 0.25) is 0 Å². The van der Waals surface area contributed by atoms with Crippen molar-refractivity contribution in [1.82, 2.24) is 0 Å². The third kappa shape index (κ3) is 0.611. The summed E-state index contributed by atoms with van der Waals surface area (Å²) in [6.45, 7) is 0.345. The van der Waals surface area contributed by atoms with Crippen molar-refractivity contribution in [3.8, 4) is 0 Å². The molecule has 0 atom stereocenters. The van der Waals surface area contributed by atoms with Crippen molar-refractivity contribution < 1.29 is 14.3 Å². The Labute approximate surface area is 45.7 Å². The SMILES string of the molecule is [N-]=[N+]=C1CCOC1=O. The van der Waals surface area contributed by atoms with Gasteiger partial charge in [-0.05, 0) is 0 Å². The smallest absolute Gasteiger partial charge is 0.417 e. The van der Waals surface area contributed by atoms with Crippen LogP contribution in [-0.2, 0) is 9.53 Å². The van der Waals surface area contributed by atoms with Crippen LogP contribution in [0.1, 0.15) is 6.42 Å². The van der Waals surface area contributed by atoms with Gasteiger partial charge in [-0.3, -0.25) is 0 Å². The summed E-state index contributed by atoms with van der Waals surface area (Å²) in [7, 11) is 0. The molecule has 1 fully saturated rings. The number of ether oxygens (including phenoxy) is 1. The number of nitrogens with zero attached hydrogens (tertiary/aromatic N) is 2. The molecule has 0 aromatic heterocycles. The first-order valence-electron chi connectivity index (χ1n) is 2.22. The van der Waals surface area contributed by atoms with Gasteiger partial charge >= 0.3 is 11.7 Å². The van der Waals surface area contributed by atoms with E-state index >= 15 is 0 Å². The highest BCUT2D eigenvalue weighted by Gasteiger charge is 2.28. The largest absolute Gasteiger partial charge is 0.456 e. The van der Waals surface area contributed by atoms with Crippen molar-refractivity contribution >= 4 is 11.7 Å². The van der Waals surface area contributed by atoms with Gasteiger partial charge in [0.05, 0.1) is 6.42 Å². The van der Waals surface area contributed by atoms with Crippen molar-refractivity contribution in [3.63, 3.8) is 0 Å². The second-order valence-corrected chi connectivity index (χ2v) is 1.43. The van der Waals surface area contributed by atoms with Gasteiger partial charge in [0.15, 0.2) is 0 Å². The first-order valence-corrected chi connectivity index (χ1v) is 2.22. The number of hydrogen-bond acceptors (Lipinski definition) is 2. The summed E-state index contributed by atoms with van der Waals surface area (Å²) in [6, 6.07) is 0. The molecule has 0 aliphatic carbocycles. The second kappa shape index (κ2) is 1.76. The molecule has 1 aliphatic heterocycles. The molecule has 1 rings (SSSR count). The number of hydrogen-bond donors (Lipinski definition) is 0. The Kier molecular flexibility index (Phi) is 1.10. The Morgan fingerprint density at radius 3 is 2.75 bits per heavy atom. The van der Waals surface area contributed by atoms with E-state index in [1.807, 2.05) is 0 Å². The summed E-state index contributed by atoms with van der Waals surface area (Å²) in [4.78, 5) is 13.0. The zero-order chi connectivity index (χ0) is 5.98. The third-order valence-corrected chi connectivity index (χ3v) is 0.928. The maximum Gasteiger partial charge on any atom is 0.417 e. The molecular weight excluding hydrogens is 108 g/mol. The van der Waals surface area contributed by atoms with Gasteiger partial charge in [0.25, 0.3) is 0 Å². The third-order valence-electron chi connectivity index (χ3n) is 0.928. The summed E-state index contributed by atoms with van der Waals surface area (Å²) in [5, 5.41) is 0. The molecule has 0 amide bonds. The number of rotatable bonds is 0. The first-order chi connectivity index (χ1) is 3.84. The van der Waals surface area contributed by atoms with E-state index in [1.165, 1.54) is 0 Å². The summed E-state index contributed by atoms with van der Waals surface area (Å²) < 4.78 is 4.43. The molecular formula is C4H4N2O2. The Morgan fingerprint density at radius 2 is 2.50 bits per heavy atom. The molecule has 1 aliphatic rings. The lowest BCUT2D eigenvalue weighted by Crippen LogP contribution is -2.06. The molecule has 4 heteroatoms. The highest BCUT2D eigenvalue weighted by Crippen LogP contribution is 1.97. The van der Waals surface area contributed by atoms with Crippen molar-refractivity contribution in [1.29, 1.82) is 0 Å². The molecule has 0 radical (unpaired) electrons. The van der Waals surface area contributed by atoms with Gasteiger partial charge in [-0.15, -0.1) is 0 Å². The number of cyclic esters (lactones) is 1. The van der Waals surface area contributed by atoms with Crippen molar-refractivity contribution in [2.75, 3.05) is 6.61 Å². The second-order valence-electron chi connectivity index (χ2n) is 1.43. The van der Waals surface area contributed by atoms with Crippen molar-refractivity contribution in [2.24, 2.45) is 0 Å². The molecule has 1 saturated heterocycles. The van der Waals surface area contributed by atoms with Gasteiger partial charge in [-0.25, -0.2) is 4.79 Å². The molecule has 0 unspecified atom stereocenters. The lowest BCUT2D eigenvalue weighted by Gasteiger charge is -1.78. The van der Waals surface area contributed by atoms with Crippen LogP contribution in [0.5, 0.6) is 0 Å². The molecule has 0 N–H and O–H groups in total. The summed E-state index contributed by atoms with van der Waals surface area (Å²) >= 11 is 0. The van der Waals surface area contributed by atoms with Crippen LogP contribution in [0.3, 0.4) is 0 Å². The van der Waals surface area contributed by atoms with Gasteiger partial charge < -0.3 is 10.3 Å². The summed E-state index contributed by atoms with van der Waals surface area (Å²) in [5.41, 5.74) is 8.14. The Bertz CT molecular complexity index is 169. The fraction of sp³-hybridized carbons (Fsp3) is 0.500. The monoisotopic (exact) mass is 112 g/mol. The fourth-order valence-electron chi connectivity index (χ4n) is 0.517. The quantitative estimate of drug-likeness (QED) is 0.243. The van der Waals surface area contributed by atoms with E-state index in [0.29, 0.717) is 13.0 Å². The zero-order valence-electron chi connectivity index (χ0n) is 4.13. The maximum atomic E-state index is 10.3. The van der Waals surface area contributed by atoms with Crippen LogP contribution in [0.15, 0.2) is 0 Å². The normalized spacial score (nSPS) is 18.0. The molecule has 0 aromatic rings. The van der Waals surface area contributed by atoms with Gasteiger partial charge in [0.2, 0.25) is 0 Å². The average Bonchev–Trinajstić information content (AvgIpc) is 2.14. The van der Waals surface area contributed by atoms with Gasteiger partial charge in [-0.2, -0.15) is 4.79 Å². The highest BCUT2D eigenvalue weighted by atomic mass is 16.5. The highest BCUT2D eigenvalue weighted by molar-refractivity contribution is 6.35. The van der Waals surface area contributed by atoms with E-state index in [4.69, 9.17) is 5.53 Å². The molecule has 42 valence electrons. The Hall–Kier alpha value is -1.15. The maximum absolute atomic E-state index is 10.3. The van der Waals surface area contributed by atoms with Gasteiger partial charge in [-0.1, -0.05) is 0 Å². The van der Waals surface area contributed by atoms with Gasteiger partial charge in [0.1, 0.15) is 6.61 Å². The molecule has 0 spiro atoms. The molecule has 0 bridgehead atoms. The van der Waals surface area contributed by atoms with E-state index in [9.17, 15) is 4.79 Å². The van der Waals surface area contributed by atoms with E-state index in [0.717, 1.165) is 0 Å². The molecule has 0 saturated carbocycles. The molecule has 1 heterocycles. The van der Waals surface area contributed by atoms with Crippen LogP contribution in [0.4, 0.5) is 0 Å². The average molecular weight is 112 g/mol. The van der Waals surface area contributed by atoms with E-state index in [-0.39, 0.29) is 5.71 Å². The molecule has 0 aromatic carbocycles. The summed E-state index contributed by atoms with van der Waals surface area (Å²) in [6.07, 6.45) is 0.426. The van der Waals surface area contributed by atoms with Crippen molar-refractivity contribution in [2.45, 2.75) is 6.42 Å². The molecule has 4 nitrogen and oxygen atoms in total. The van der Waals surface area contributed by atoms with Crippen LogP contribution in [0.25, 0.3) is 5.53 Å². The van der Waals surface area contributed by atoms with E-state index in [2.05, 4.69) is 9.53 Å². The lowest BCUT2D eigenvalue weighted by atomic mass is 10.3. The Morgan fingerprint density at radius 1 is 1.75 bits per heavy atom. The first kappa shape index (κ1) is 5.00. The minimum absolute atomic E-state index is 0.116.